The van der Waals surface area contributed by atoms with Gasteiger partial charge in [-0.2, -0.15) is 0 Å². The van der Waals surface area contributed by atoms with E-state index in [1.54, 1.807) is 12.1 Å². The van der Waals surface area contributed by atoms with E-state index in [1.807, 2.05) is 17.0 Å². The number of phenols is 1. The van der Waals surface area contributed by atoms with Gasteiger partial charge in [0.15, 0.2) is 0 Å². The first-order valence-electron chi connectivity index (χ1n) is 9.35. The van der Waals surface area contributed by atoms with Crippen molar-refractivity contribution >= 4 is 5.91 Å². The summed E-state index contributed by atoms with van der Waals surface area (Å²) < 4.78 is 6.05. The van der Waals surface area contributed by atoms with Gasteiger partial charge < -0.3 is 19.6 Å². The molecule has 138 valence electrons. The predicted molar refractivity (Wildman–Crippen MR) is 97.6 cm³/mol. The summed E-state index contributed by atoms with van der Waals surface area (Å²) in [5.74, 6) is 0.419. The fourth-order valence-corrected chi connectivity index (χ4v) is 3.97. The van der Waals surface area contributed by atoms with Crippen LogP contribution >= 0.6 is 0 Å². The van der Waals surface area contributed by atoms with Gasteiger partial charge in [0.1, 0.15) is 5.75 Å². The number of likely N-dealkylation sites (N-methyl/N-ethyl adjacent to an activating group) is 1. The molecule has 3 rings (SSSR count). The van der Waals surface area contributed by atoms with Gasteiger partial charge >= 0.3 is 0 Å². The Balaban J connectivity index is 1.48. The van der Waals surface area contributed by atoms with Crippen molar-refractivity contribution in [2.24, 2.45) is 5.41 Å². The molecule has 5 heteroatoms. The van der Waals surface area contributed by atoms with Gasteiger partial charge in [-0.3, -0.25) is 4.79 Å². The summed E-state index contributed by atoms with van der Waals surface area (Å²) in [5, 5.41) is 9.34. The van der Waals surface area contributed by atoms with Crippen molar-refractivity contribution in [1.82, 2.24) is 9.80 Å². The Morgan fingerprint density at radius 3 is 2.64 bits per heavy atom. The first-order valence-corrected chi connectivity index (χ1v) is 9.35. The molecule has 1 aromatic rings. The Morgan fingerprint density at radius 1 is 1.32 bits per heavy atom. The second-order valence-electron chi connectivity index (χ2n) is 7.72. The van der Waals surface area contributed by atoms with Crippen LogP contribution in [-0.2, 0) is 16.0 Å². The Morgan fingerprint density at radius 2 is 2.00 bits per heavy atom. The van der Waals surface area contributed by atoms with Crippen molar-refractivity contribution in [2.45, 2.75) is 38.7 Å². The second-order valence-corrected chi connectivity index (χ2v) is 7.72. The number of carbonyl (C=O) groups excluding carboxylic acids is 1. The van der Waals surface area contributed by atoms with Crippen LogP contribution in [0.4, 0.5) is 0 Å². The van der Waals surface area contributed by atoms with E-state index in [4.69, 9.17) is 4.74 Å². The summed E-state index contributed by atoms with van der Waals surface area (Å²) in [6, 6.07) is 6.91. The first-order chi connectivity index (χ1) is 12.0. The molecule has 2 fully saturated rings. The number of rotatable bonds is 5. The third kappa shape index (κ3) is 4.53. The normalized spacial score (nSPS) is 22.7. The summed E-state index contributed by atoms with van der Waals surface area (Å²) in [7, 11) is 2.14. The number of nitrogens with zero attached hydrogens (tertiary/aromatic N) is 2. The second kappa shape index (κ2) is 7.75. The molecular weight excluding hydrogens is 316 g/mol. The van der Waals surface area contributed by atoms with Crippen LogP contribution in [0.15, 0.2) is 24.3 Å². The number of hydrogen-bond donors (Lipinski definition) is 1. The Kier molecular flexibility index (Phi) is 5.64. The largest absolute Gasteiger partial charge is 0.508 e. The molecule has 0 aromatic heterocycles. The molecule has 1 amide bonds. The van der Waals surface area contributed by atoms with Gasteiger partial charge in [0.05, 0.1) is 19.1 Å². The quantitative estimate of drug-likeness (QED) is 0.889. The number of hydrogen-bond acceptors (Lipinski definition) is 4. The number of benzene rings is 1. The number of carbonyl (C=O) groups is 1. The van der Waals surface area contributed by atoms with Gasteiger partial charge in [-0.25, -0.2) is 0 Å². The van der Waals surface area contributed by atoms with E-state index in [9.17, 15) is 9.90 Å². The standard InChI is InChI=1S/C20H30N2O3/c1-3-21(2)14-18-13-20(15-25-18)8-10-22(11-9-20)19(24)12-16-4-6-17(23)7-5-16/h4-7,18,23H,3,8-15H2,1-2H3/t18-/m0/s1. The maximum Gasteiger partial charge on any atom is 0.226 e. The molecule has 1 atom stereocenters. The van der Waals surface area contributed by atoms with Crippen LogP contribution in [0.5, 0.6) is 5.75 Å². The minimum absolute atomic E-state index is 0.182. The fraction of sp³-hybridized carbons (Fsp3) is 0.650. The third-order valence-electron chi connectivity index (χ3n) is 5.81. The fourth-order valence-electron chi connectivity index (χ4n) is 3.97. The average molecular weight is 346 g/mol. The van der Waals surface area contributed by atoms with Gasteiger partial charge in [0, 0.05) is 19.6 Å². The lowest BCUT2D eigenvalue weighted by molar-refractivity contribution is -0.132. The van der Waals surface area contributed by atoms with Crippen LogP contribution in [0.3, 0.4) is 0 Å². The van der Waals surface area contributed by atoms with Gasteiger partial charge in [0.25, 0.3) is 0 Å². The molecule has 0 radical (unpaired) electrons. The number of likely N-dealkylation sites (tertiary alicyclic amines) is 1. The highest BCUT2D eigenvalue weighted by molar-refractivity contribution is 5.78. The van der Waals surface area contributed by atoms with Crippen molar-refractivity contribution < 1.29 is 14.6 Å². The smallest absolute Gasteiger partial charge is 0.226 e. The average Bonchev–Trinajstić information content (AvgIpc) is 2.99. The van der Waals surface area contributed by atoms with Crippen LogP contribution in [0.25, 0.3) is 0 Å². The summed E-state index contributed by atoms with van der Waals surface area (Å²) in [4.78, 5) is 16.8. The topological polar surface area (TPSA) is 53.0 Å². The number of piperidine rings is 1. The third-order valence-corrected chi connectivity index (χ3v) is 5.81. The zero-order chi connectivity index (χ0) is 17.9. The Labute approximate surface area is 150 Å². The molecule has 2 aliphatic heterocycles. The van der Waals surface area contributed by atoms with Gasteiger partial charge in [-0.15, -0.1) is 0 Å². The summed E-state index contributed by atoms with van der Waals surface area (Å²) in [5.41, 5.74) is 1.23. The van der Waals surface area contributed by atoms with Crippen LogP contribution in [0, 0.1) is 5.41 Å². The van der Waals surface area contributed by atoms with Crippen molar-refractivity contribution in [3.8, 4) is 5.75 Å². The van der Waals surface area contributed by atoms with Crippen LogP contribution in [0.2, 0.25) is 0 Å². The van der Waals surface area contributed by atoms with E-state index >= 15 is 0 Å². The van der Waals surface area contributed by atoms with Crippen LogP contribution in [-0.4, -0.2) is 66.8 Å². The van der Waals surface area contributed by atoms with Crippen molar-refractivity contribution in [3.63, 3.8) is 0 Å². The number of amides is 1. The minimum Gasteiger partial charge on any atom is -0.508 e. The molecule has 5 nitrogen and oxygen atoms in total. The monoisotopic (exact) mass is 346 g/mol. The maximum absolute atomic E-state index is 12.5. The lowest BCUT2D eigenvalue weighted by Crippen LogP contribution is -2.44. The van der Waals surface area contributed by atoms with E-state index in [-0.39, 0.29) is 17.1 Å². The van der Waals surface area contributed by atoms with Crippen molar-refractivity contribution in [2.75, 3.05) is 39.8 Å². The molecule has 0 bridgehead atoms. The zero-order valence-corrected chi connectivity index (χ0v) is 15.4. The summed E-state index contributed by atoms with van der Waals surface area (Å²) >= 11 is 0. The molecule has 25 heavy (non-hydrogen) atoms. The highest BCUT2D eigenvalue weighted by atomic mass is 16.5. The molecule has 1 spiro atoms. The minimum atomic E-state index is 0.182. The predicted octanol–water partition coefficient (Wildman–Crippen LogP) is 2.28. The number of phenolic OH excluding ortho intramolecular Hbond substituents is 1. The molecule has 2 heterocycles. The van der Waals surface area contributed by atoms with Crippen molar-refractivity contribution in [1.29, 1.82) is 0 Å². The molecule has 2 saturated heterocycles. The molecule has 1 N–H and O–H groups in total. The van der Waals surface area contributed by atoms with Gasteiger partial charge in [-0.1, -0.05) is 19.1 Å². The molecule has 2 aliphatic rings. The molecule has 1 aromatic carbocycles. The van der Waals surface area contributed by atoms with Crippen LogP contribution < -0.4 is 0 Å². The Bertz CT molecular complexity index is 579. The lowest BCUT2D eigenvalue weighted by Gasteiger charge is -2.38. The lowest BCUT2D eigenvalue weighted by atomic mass is 9.76. The van der Waals surface area contributed by atoms with E-state index in [2.05, 4.69) is 18.9 Å². The Hall–Kier alpha value is -1.59. The van der Waals surface area contributed by atoms with E-state index in [1.165, 1.54) is 0 Å². The highest BCUT2D eigenvalue weighted by Gasteiger charge is 2.43. The van der Waals surface area contributed by atoms with E-state index < -0.39 is 0 Å². The molecule has 0 unspecified atom stereocenters. The maximum atomic E-state index is 12.5. The SMILES string of the molecule is CCN(C)C[C@@H]1CC2(CCN(C(=O)Cc3ccc(O)cc3)CC2)CO1. The van der Waals surface area contributed by atoms with E-state index in [0.29, 0.717) is 12.5 Å². The molecular formula is C20H30N2O3. The molecule has 0 aliphatic carbocycles. The van der Waals surface area contributed by atoms with E-state index in [0.717, 1.165) is 57.6 Å². The molecule has 0 saturated carbocycles. The van der Waals surface area contributed by atoms with Gasteiger partial charge in [-0.05, 0) is 56.0 Å². The number of aromatic hydroxyl groups is 1. The van der Waals surface area contributed by atoms with Crippen molar-refractivity contribution in [3.05, 3.63) is 29.8 Å². The highest BCUT2D eigenvalue weighted by Crippen LogP contribution is 2.42. The van der Waals surface area contributed by atoms with Crippen LogP contribution in [0.1, 0.15) is 31.7 Å². The summed E-state index contributed by atoms with van der Waals surface area (Å²) in [6.45, 7) is 6.72. The first kappa shape index (κ1) is 18.2. The number of ether oxygens (including phenoxy) is 1. The summed E-state index contributed by atoms with van der Waals surface area (Å²) in [6.07, 6.45) is 3.95. The van der Waals surface area contributed by atoms with Gasteiger partial charge in [0.2, 0.25) is 5.91 Å². The zero-order valence-electron chi connectivity index (χ0n) is 15.4.